The van der Waals surface area contributed by atoms with Gasteiger partial charge in [0, 0.05) is 43.7 Å². The molecule has 3 heterocycles. The zero-order valence-corrected chi connectivity index (χ0v) is 14.3. The van der Waals surface area contributed by atoms with Crippen molar-refractivity contribution in [3.8, 4) is 0 Å². The van der Waals surface area contributed by atoms with Crippen LogP contribution in [-0.4, -0.2) is 42.8 Å². The van der Waals surface area contributed by atoms with Crippen LogP contribution in [0.1, 0.15) is 44.2 Å². The number of aryl methyl sites for hydroxylation is 1. The Morgan fingerprint density at radius 2 is 2.04 bits per heavy atom. The van der Waals surface area contributed by atoms with E-state index in [1.807, 2.05) is 25.7 Å². The minimum absolute atomic E-state index is 0.161. The van der Waals surface area contributed by atoms with Crippen LogP contribution in [0.3, 0.4) is 0 Å². The molecule has 0 aromatic heterocycles. The average molecular weight is 314 g/mol. The Morgan fingerprint density at radius 3 is 2.83 bits per heavy atom. The van der Waals surface area contributed by atoms with Crippen LogP contribution in [-0.2, 0) is 11.2 Å². The van der Waals surface area contributed by atoms with Gasteiger partial charge in [0.2, 0.25) is 0 Å². The van der Waals surface area contributed by atoms with Gasteiger partial charge < -0.3 is 14.5 Å². The van der Waals surface area contributed by atoms with Gasteiger partial charge in [0.05, 0.1) is 0 Å². The highest BCUT2D eigenvalue weighted by Crippen LogP contribution is 2.46. The topological polar surface area (TPSA) is 32.8 Å². The van der Waals surface area contributed by atoms with Crippen LogP contribution in [0.4, 0.5) is 10.5 Å². The quantitative estimate of drug-likeness (QED) is 0.736. The van der Waals surface area contributed by atoms with E-state index in [0.717, 1.165) is 26.2 Å². The zero-order valence-electron chi connectivity index (χ0n) is 14.3. The minimum atomic E-state index is -0.426. The lowest BCUT2D eigenvalue weighted by atomic mass is 9.80. The second-order valence-electron chi connectivity index (χ2n) is 8.16. The maximum atomic E-state index is 12.4. The minimum Gasteiger partial charge on any atom is -0.444 e. The summed E-state index contributed by atoms with van der Waals surface area (Å²) in [6.45, 7) is 9.64. The number of ether oxygens (including phenoxy) is 1. The van der Waals surface area contributed by atoms with Crippen molar-refractivity contribution in [1.82, 2.24) is 4.90 Å². The van der Waals surface area contributed by atoms with Crippen molar-refractivity contribution >= 4 is 11.8 Å². The summed E-state index contributed by atoms with van der Waals surface area (Å²) in [5.41, 5.74) is 3.98. The maximum absolute atomic E-state index is 12.4. The van der Waals surface area contributed by atoms with Crippen molar-refractivity contribution in [3.63, 3.8) is 0 Å². The van der Waals surface area contributed by atoms with Crippen LogP contribution in [0, 0.1) is 5.92 Å². The summed E-state index contributed by atoms with van der Waals surface area (Å²) in [5.74, 6) is 0.996. The second-order valence-corrected chi connectivity index (χ2v) is 8.16. The Bertz CT molecular complexity index is 635. The van der Waals surface area contributed by atoms with Crippen LogP contribution in [0.5, 0.6) is 0 Å². The van der Waals surface area contributed by atoms with E-state index in [2.05, 4.69) is 23.1 Å². The SMILES string of the molecule is CC(C)(C)OC(=O)N1C[C@H]2CN3CCCc4cccc(c43)[C@H]2C1. The lowest BCUT2D eigenvalue weighted by Gasteiger charge is -2.41. The third-order valence-corrected chi connectivity index (χ3v) is 5.29. The van der Waals surface area contributed by atoms with Gasteiger partial charge in [-0.15, -0.1) is 0 Å². The molecule has 1 saturated heterocycles. The lowest BCUT2D eigenvalue weighted by Crippen LogP contribution is -2.41. The second kappa shape index (κ2) is 5.15. The van der Waals surface area contributed by atoms with Crippen LogP contribution in [0.25, 0.3) is 0 Å². The summed E-state index contributed by atoms with van der Waals surface area (Å²) in [6.07, 6.45) is 2.27. The number of benzene rings is 1. The predicted molar refractivity (Wildman–Crippen MR) is 91.0 cm³/mol. The van der Waals surface area contributed by atoms with Gasteiger partial charge in [0.25, 0.3) is 0 Å². The first kappa shape index (κ1) is 14.9. The van der Waals surface area contributed by atoms with E-state index < -0.39 is 5.60 Å². The number of rotatable bonds is 0. The van der Waals surface area contributed by atoms with Crippen LogP contribution in [0.15, 0.2) is 18.2 Å². The molecule has 0 spiro atoms. The third kappa shape index (κ3) is 2.58. The molecule has 1 aromatic rings. The molecular weight excluding hydrogens is 288 g/mol. The number of carbonyl (C=O) groups is 1. The van der Waals surface area contributed by atoms with E-state index in [1.165, 1.54) is 29.7 Å². The first-order valence-corrected chi connectivity index (χ1v) is 8.77. The highest BCUT2D eigenvalue weighted by atomic mass is 16.6. The van der Waals surface area contributed by atoms with Crippen LogP contribution in [0.2, 0.25) is 0 Å². The maximum Gasteiger partial charge on any atom is 0.410 e. The number of carbonyl (C=O) groups excluding carboxylic acids is 1. The summed E-state index contributed by atoms with van der Waals surface area (Å²) in [7, 11) is 0. The molecule has 4 nitrogen and oxygen atoms in total. The van der Waals surface area contributed by atoms with Crippen molar-refractivity contribution in [3.05, 3.63) is 29.3 Å². The van der Waals surface area contributed by atoms with E-state index in [0.29, 0.717) is 11.8 Å². The summed E-state index contributed by atoms with van der Waals surface area (Å²) in [4.78, 5) is 16.9. The molecule has 4 rings (SSSR count). The largest absolute Gasteiger partial charge is 0.444 e. The molecule has 0 bridgehead atoms. The monoisotopic (exact) mass is 314 g/mol. The van der Waals surface area contributed by atoms with Gasteiger partial charge in [-0.05, 0) is 44.7 Å². The standard InChI is InChI=1S/C19H26N2O2/c1-19(2,3)23-18(22)21-11-14-10-20-9-5-7-13-6-4-8-15(17(13)20)16(14)12-21/h4,6,8,14,16H,5,7,9-12H2,1-3H3/t14-,16+/m1/s1. The number of anilines is 1. The van der Waals surface area contributed by atoms with Crippen molar-refractivity contribution in [1.29, 1.82) is 0 Å². The molecule has 0 saturated carbocycles. The van der Waals surface area contributed by atoms with Crippen molar-refractivity contribution in [2.45, 2.75) is 45.1 Å². The Morgan fingerprint density at radius 1 is 1.22 bits per heavy atom. The number of hydrogen-bond acceptors (Lipinski definition) is 3. The molecule has 23 heavy (non-hydrogen) atoms. The number of para-hydroxylation sites is 1. The van der Waals surface area contributed by atoms with Crippen LogP contribution >= 0.6 is 0 Å². The van der Waals surface area contributed by atoms with Gasteiger partial charge in [0.15, 0.2) is 0 Å². The highest BCUT2D eigenvalue weighted by molar-refractivity contribution is 5.70. The van der Waals surface area contributed by atoms with Crippen LogP contribution < -0.4 is 4.90 Å². The zero-order chi connectivity index (χ0) is 16.2. The van der Waals surface area contributed by atoms with Gasteiger partial charge in [-0.3, -0.25) is 0 Å². The molecule has 0 unspecified atom stereocenters. The first-order chi connectivity index (χ1) is 10.9. The average Bonchev–Trinajstić information content (AvgIpc) is 2.90. The molecule has 3 aliphatic rings. The van der Waals surface area contributed by atoms with Gasteiger partial charge in [0.1, 0.15) is 5.60 Å². The number of amides is 1. The van der Waals surface area contributed by atoms with Crippen molar-refractivity contribution in [2.24, 2.45) is 5.92 Å². The molecule has 1 aromatic carbocycles. The number of hydrogen-bond donors (Lipinski definition) is 0. The molecule has 1 fully saturated rings. The van der Waals surface area contributed by atoms with Gasteiger partial charge in [-0.1, -0.05) is 18.2 Å². The molecule has 0 radical (unpaired) electrons. The van der Waals surface area contributed by atoms with E-state index in [-0.39, 0.29) is 6.09 Å². The van der Waals surface area contributed by atoms with Gasteiger partial charge >= 0.3 is 6.09 Å². The lowest BCUT2D eigenvalue weighted by molar-refractivity contribution is 0.0287. The van der Waals surface area contributed by atoms with Gasteiger partial charge in [-0.25, -0.2) is 4.79 Å². The summed E-state index contributed by atoms with van der Waals surface area (Å²) in [5, 5.41) is 0. The van der Waals surface area contributed by atoms with Crippen molar-refractivity contribution < 1.29 is 9.53 Å². The smallest absolute Gasteiger partial charge is 0.410 e. The van der Waals surface area contributed by atoms with E-state index in [9.17, 15) is 4.79 Å². The number of nitrogens with zero attached hydrogens (tertiary/aromatic N) is 2. The molecular formula is C19H26N2O2. The van der Waals surface area contributed by atoms with E-state index in [4.69, 9.17) is 4.74 Å². The molecule has 3 aliphatic heterocycles. The fraction of sp³-hybridized carbons (Fsp3) is 0.632. The number of likely N-dealkylation sites (tertiary alicyclic amines) is 1. The Hall–Kier alpha value is -1.71. The highest BCUT2D eigenvalue weighted by Gasteiger charge is 2.43. The fourth-order valence-electron chi connectivity index (χ4n) is 4.42. The summed E-state index contributed by atoms with van der Waals surface area (Å²) >= 11 is 0. The van der Waals surface area contributed by atoms with Gasteiger partial charge in [-0.2, -0.15) is 0 Å². The molecule has 0 N–H and O–H groups in total. The summed E-state index contributed by atoms with van der Waals surface area (Å²) in [6, 6.07) is 6.73. The molecule has 0 aliphatic carbocycles. The third-order valence-electron chi connectivity index (χ3n) is 5.29. The normalized spacial score (nSPS) is 25.9. The molecule has 4 heteroatoms. The molecule has 124 valence electrons. The Labute approximate surface area is 138 Å². The predicted octanol–water partition coefficient (Wildman–Crippen LogP) is 3.40. The van der Waals surface area contributed by atoms with Crippen molar-refractivity contribution in [2.75, 3.05) is 31.1 Å². The first-order valence-electron chi connectivity index (χ1n) is 8.77. The summed E-state index contributed by atoms with van der Waals surface area (Å²) < 4.78 is 5.58. The Kier molecular flexibility index (Phi) is 3.33. The Balaban J connectivity index is 1.60. The fourth-order valence-corrected chi connectivity index (χ4v) is 4.42. The molecule has 2 atom stereocenters. The van der Waals surface area contributed by atoms with E-state index in [1.54, 1.807) is 0 Å². The van der Waals surface area contributed by atoms with E-state index >= 15 is 0 Å². The number of fused-ring (bicyclic) bond motifs is 2. The molecule has 1 amide bonds.